The summed E-state index contributed by atoms with van der Waals surface area (Å²) in [5.41, 5.74) is 1.31. The van der Waals surface area contributed by atoms with E-state index in [1.165, 1.54) is 0 Å². The van der Waals surface area contributed by atoms with Crippen LogP contribution in [0.25, 0.3) is 0 Å². The van der Waals surface area contributed by atoms with Crippen molar-refractivity contribution in [1.82, 2.24) is 0 Å². The third-order valence-electron chi connectivity index (χ3n) is 2.37. The molecule has 0 saturated heterocycles. The van der Waals surface area contributed by atoms with Crippen molar-refractivity contribution in [3.8, 4) is 6.07 Å². The second-order valence-electron chi connectivity index (χ2n) is 3.80. The predicted octanol–water partition coefficient (Wildman–Crippen LogP) is 2.82. The fraction of sp³-hybridized carbons (Fsp3) is 0.143. The number of aryl methyl sites for hydroxylation is 1. The van der Waals surface area contributed by atoms with E-state index in [1.807, 2.05) is 6.07 Å². The van der Waals surface area contributed by atoms with Gasteiger partial charge in [0.25, 0.3) is 0 Å². The lowest BCUT2D eigenvalue weighted by molar-refractivity contribution is 0.0434. The van der Waals surface area contributed by atoms with E-state index in [2.05, 4.69) is 0 Å². The molecule has 18 heavy (non-hydrogen) atoms. The molecule has 0 aliphatic rings. The van der Waals surface area contributed by atoms with Gasteiger partial charge in [-0.05, 0) is 36.8 Å². The Morgan fingerprint density at radius 1 is 1.39 bits per heavy atom. The van der Waals surface area contributed by atoms with Crippen LogP contribution in [0.3, 0.4) is 0 Å². The van der Waals surface area contributed by atoms with E-state index < -0.39 is 5.97 Å². The van der Waals surface area contributed by atoms with Crippen molar-refractivity contribution in [3.63, 3.8) is 0 Å². The van der Waals surface area contributed by atoms with E-state index in [1.54, 1.807) is 43.3 Å². The Balaban J connectivity index is 1.99. The van der Waals surface area contributed by atoms with E-state index in [-0.39, 0.29) is 12.4 Å². The van der Waals surface area contributed by atoms with Crippen molar-refractivity contribution in [2.75, 3.05) is 0 Å². The molecule has 0 saturated carbocycles. The SMILES string of the molecule is Cc1ccc(C(=O)OCc2cccc(C#N)c2)o1. The topological polar surface area (TPSA) is 63.2 Å². The summed E-state index contributed by atoms with van der Waals surface area (Å²) in [7, 11) is 0. The maximum absolute atomic E-state index is 11.6. The molecule has 0 atom stereocenters. The maximum atomic E-state index is 11.6. The number of furan rings is 1. The minimum atomic E-state index is -0.509. The smallest absolute Gasteiger partial charge is 0.374 e. The first-order valence-electron chi connectivity index (χ1n) is 5.41. The molecule has 0 aliphatic carbocycles. The highest BCUT2D eigenvalue weighted by Crippen LogP contribution is 2.10. The molecule has 1 aromatic heterocycles. The summed E-state index contributed by atoms with van der Waals surface area (Å²) in [6, 6.07) is 12.2. The molecule has 4 nitrogen and oxygen atoms in total. The third kappa shape index (κ3) is 2.77. The number of hydrogen-bond acceptors (Lipinski definition) is 4. The summed E-state index contributed by atoms with van der Waals surface area (Å²) in [5, 5.41) is 8.75. The van der Waals surface area contributed by atoms with Gasteiger partial charge < -0.3 is 9.15 Å². The van der Waals surface area contributed by atoms with Crippen molar-refractivity contribution >= 4 is 5.97 Å². The number of nitrogens with zero attached hydrogens (tertiary/aromatic N) is 1. The monoisotopic (exact) mass is 241 g/mol. The largest absolute Gasteiger partial charge is 0.455 e. The van der Waals surface area contributed by atoms with Gasteiger partial charge in [0.2, 0.25) is 5.76 Å². The van der Waals surface area contributed by atoms with Gasteiger partial charge in [-0.15, -0.1) is 0 Å². The van der Waals surface area contributed by atoms with Crippen molar-refractivity contribution in [2.45, 2.75) is 13.5 Å². The molecule has 0 fully saturated rings. The molecule has 2 aromatic rings. The van der Waals surface area contributed by atoms with Crippen LogP contribution in [0.15, 0.2) is 40.8 Å². The molecular weight excluding hydrogens is 230 g/mol. The second-order valence-corrected chi connectivity index (χ2v) is 3.80. The zero-order valence-electron chi connectivity index (χ0n) is 9.84. The standard InChI is InChI=1S/C14H11NO3/c1-10-5-6-13(18-10)14(16)17-9-12-4-2-3-11(7-12)8-15/h2-7H,9H2,1H3. The third-order valence-corrected chi connectivity index (χ3v) is 2.37. The first-order chi connectivity index (χ1) is 8.69. The van der Waals surface area contributed by atoms with Gasteiger partial charge in [-0.3, -0.25) is 0 Å². The predicted molar refractivity (Wildman–Crippen MR) is 63.7 cm³/mol. The van der Waals surface area contributed by atoms with E-state index in [9.17, 15) is 4.79 Å². The van der Waals surface area contributed by atoms with Crippen molar-refractivity contribution in [3.05, 3.63) is 59.0 Å². The molecule has 0 amide bonds. The zero-order valence-corrected chi connectivity index (χ0v) is 9.84. The fourth-order valence-corrected chi connectivity index (χ4v) is 1.49. The van der Waals surface area contributed by atoms with Crippen LogP contribution in [0, 0.1) is 18.3 Å². The maximum Gasteiger partial charge on any atom is 0.374 e. The van der Waals surface area contributed by atoms with Gasteiger partial charge in [0.05, 0.1) is 11.6 Å². The number of esters is 1. The van der Waals surface area contributed by atoms with Crippen LogP contribution in [-0.2, 0) is 11.3 Å². The number of carbonyl (C=O) groups excluding carboxylic acids is 1. The van der Waals surface area contributed by atoms with E-state index in [0.29, 0.717) is 11.3 Å². The van der Waals surface area contributed by atoms with Crippen LogP contribution in [0.2, 0.25) is 0 Å². The Bertz CT molecular complexity index is 607. The molecular formula is C14H11NO3. The average Bonchev–Trinajstić information content (AvgIpc) is 2.83. The number of carbonyl (C=O) groups is 1. The molecule has 0 aliphatic heterocycles. The molecule has 0 bridgehead atoms. The summed E-state index contributed by atoms with van der Waals surface area (Å²) < 4.78 is 10.2. The van der Waals surface area contributed by atoms with Crippen molar-refractivity contribution in [2.24, 2.45) is 0 Å². The Morgan fingerprint density at radius 2 is 2.22 bits per heavy atom. The van der Waals surface area contributed by atoms with Crippen LogP contribution in [0.4, 0.5) is 0 Å². The Hall–Kier alpha value is -2.54. The quantitative estimate of drug-likeness (QED) is 0.775. The van der Waals surface area contributed by atoms with Crippen LogP contribution in [0.1, 0.15) is 27.4 Å². The molecule has 90 valence electrons. The van der Waals surface area contributed by atoms with Gasteiger partial charge >= 0.3 is 5.97 Å². The summed E-state index contributed by atoms with van der Waals surface area (Å²) >= 11 is 0. The van der Waals surface area contributed by atoms with E-state index >= 15 is 0 Å². The summed E-state index contributed by atoms with van der Waals surface area (Å²) in [6.45, 7) is 1.88. The molecule has 0 N–H and O–H groups in total. The molecule has 0 spiro atoms. The summed E-state index contributed by atoms with van der Waals surface area (Å²) in [4.78, 5) is 11.6. The van der Waals surface area contributed by atoms with Gasteiger partial charge in [0.1, 0.15) is 12.4 Å². The molecule has 4 heteroatoms. The fourth-order valence-electron chi connectivity index (χ4n) is 1.49. The molecule has 1 aromatic carbocycles. The van der Waals surface area contributed by atoms with Gasteiger partial charge in [-0.1, -0.05) is 12.1 Å². The van der Waals surface area contributed by atoms with Gasteiger partial charge in [-0.2, -0.15) is 5.26 Å². The van der Waals surface area contributed by atoms with Gasteiger partial charge in [0, 0.05) is 0 Å². The summed E-state index contributed by atoms with van der Waals surface area (Å²) in [6.07, 6.45) is 0. The lowest BCUT2D eigenvalue weighted by Gasteiger charge is -2.03. The molecule has 0 unspecified atom stereocenters. The Kier molecular flexibility index (Phi) is 3.44. The van der Waals surface area contributed by atoms with Crippen molar-refractivity contribution < 1.29 is 13.9 Å². The number of benzene rings is 1. The van der Waals surface area contributed by atoms with E-state index in [4.69, 9.17) is 14.4 Å². The molecule has 2 rings (SSSR count). The van der Waals surface area contributed by atoms with Crippen LogP contribution in [0.5, 0.6) is 0 Å². The van der Waals surface area contributed by atoms with Crippen molar-refractivity contribution in [1.29, 1.82) is 5.26 Å². The zero-order chi connectivity index (χ0) is 13.0. The van der Waals surface area contributed by atoms with Gasteiger partial charge in [-0.25, -0.2) is 4.79 Å². The molecule has 1 heterocycles. The average molecular weight is 241 g/mol. The highest BCUT2D eigenvalue weighted by atomic mass is 16.5. The summed E-state index contributed by atoms with van der Waals surface area (Å²) in [5.74, 6) is 0.336. The van der Waals surface area contributed by atoms with E-state index in [0.717, 1.165) is 5.56 Å². The minimum absolute atomic E-state index is 0.119. The highest BCUT2D eigenvalue weighted by Gasteiger charge is 2.11. The number of rotatable bonds is 3. The Morgan fingerprint density at radius 3 is 2.89 bits per heavy atom. The lowest BCUT2D eigenvalue weighted by Crippen LogP contribution is -2.04. The first-order valence-corrected chi connectivity index (χ1v) is 5.41. The van der Waals surface area contributed by atoms with Gasteiger partial charge in [0.15, 0.2) is 0 Å². The molecule has 0 radical (unpaired) electrons. The second kappa shape index (κ2) is 5.19. The number of hydrogen-bond donors (Lipinski definition) is 0. The number of nitriles is 1. The van der Waals surface area contributed by atoms with Crippen LogP contribution >= 0.6 is 0 Å². The normalized spacial score (nSPS) is 9.78. The lowest BCUT2D eigenvalue weighted by atomic mass is 10.1. The minimum Gasteiger partial charge on any atom is -0.455 e. The Labute approximate surface area is 104 Å². The van der Waals surface area contributed by atoms with Crippen LogP contribution < -0.4 is 0 Å². The first kappa shape index (κ1) is 11.9. The van der Waals surface area contributed by atoms with Crippen LogP contribution in [-0.4, -0.2) is 5.97 Å². The highest BCUT2D eigenvalue weighted by molar-refractivity contribution is 5.86. The number of ether oxygens (including phenoxy) is 1.